The number of pyridine rings is 1. The Morgan fingerprint density at radius 1 is 1.18 bits per heavy atom. The van der Waals surface area contributed by atoms with Crippen LogP contribution in [-0.2, 0) is 16.7 Å². The fourth-order valence-corrected chi connectivity index (χ4v) is 4.93. The molecule has 194 valence electrons. The summed E-state index contributed by atoms with van der Waals surface area (Å²) >= 11 is 0. The summed E-state index contributed by atoms with van der Waals surface area (Å²) in [6.45, 7) is 5.15. The lowest BCUT2D eigenvalue weighted by Gasteiger charge is -2.25. The highest BCUT2D eigenvalue weighted by Crippen LogP contribution is 2.40. The third-order valence-electron chi connectivity index (χ3n) is 7.15. The molecule has 0 unspecified atom stereocenters. The van der Waals surface area contributed by atoms with Crippen LogP contribution in [0.5, 0.6) is 0 Å². The number of fused-ring (bicyclic) bond motifs is 2. The Balaban J connectivity index is 1.48. The van der Waals surface area contributed by atoms with Crippen LogP contribution in [0.2, 0.25) is 0 Å². The average Bonchev–Trinajstić information content (AvgIpc) is 3.39. The van der Waals surface area contributed by atoms with Crippen molar-refractivity contribution < 1.29 is 13.9 Å². The largest absolute Gasteiger partial charge is 0.386 e. The molecule has 38 heavy (non-hydrogen) atoms. The molecular formula is C27H27FN8O2. The van der Waals surface area contributed by atoms with Gasteiger partial charge in [0.15, 0.2) is 17.3 Å². The highest BCUT2D eigenvalue weighted by atomic mass is 19.1. The van der Waals surface area contributed by atoms with Crippen LogP contribution in [0.1, 0.15) is 48.3 Å². The van der Waals surface area contributed by atoms with E-state index in [2.05, 4.69) is 15.3 Å². The lowest BCUT2D eigenvalue weighted by Crippen LogP contribution is -2.41. The van der Waals surface area contributed by atoms with Crippen LogP contribution >= 0.6 is 0 Å². The normalized spacial score (nSPS) is 16.9. The first-order valence-electron chi connectivity index (χ1n) is 12.5. The zero-order valence-corrected chi connectivity index (χ0v) is 21.1. The number of amidine groups is 1. The summed E-state index contributed by atoms with van der Waals surface area (Å²) in [7, 11) is 0. The number of nitrogens with zero attached hydrogens (tertiary/aromatic N) is 6. The molecule has 2 aliphatic rings. The number of nitrogens with two attached hydrogens (primary N) is 1. The van der Waals surface area contributed by atoms with E-state index in [9.17, 15) is 9.18 Å². The maximum Gasteiger partial charge on any atom is 0.270 e. The Hall–Kier alpha value is -4.25. The molecule has 3 aromatic heterocycles. The van der Waals surface area contributed by atoms with Gasteiger partial charge in [-0.15, -0.1) is 0 Å². The highest BCUT2D eigenvalue weighted by Gasteiger charge is 2.40. The third kappa shape index (κ3) is 4.08. The Morgan fingerprint density at radius 3 is 2.76 bits per heavy atom. The Bertz CT molecular complexity index is 1590. The highest BCUT2D eigenvalue weighted by molar-refractivity contribution is 6.04. The summed E-state index contributed by atoms with van der Waals surface area (Å²) in [6.07, 6.45) is 3.10. The molecular weight excluding hydrogens is 487 g/mol. The van der Waals surface area contributed by atoms with Gasteiger partial charge in [0.2, 0.25) is 0 Å². The second-order valence-corrected chi connectivity index (χ2v) is 10.0. The van der Waals surface area contributed by atoms with E-state index in [1.54, 1.807) is 35.1 Å². The maximum atomic E-state index is 14.4. The van der Waals surface area contributed by atoms with E-state index < -0.39 is 5.41 Å². The molecule has 6 rings (SSSR count). The van der Waals surface area contributed by atoms with E-state index >= 15 is 0 Å². The van der Waals surface area contributed by atoms with E-state index in [0.717, 1.165) is 12.8 Å². The lowest BCUT2D eigenvalue weighted by molar-refractivity contribution is 0.0693. The van der Waals surface area contributed by atoms with Gasteiger partial charge in [0.1, 0.15) is 23.0 Å². The zero-order chi connectivity index (χ0) is 26.4. The van der Waals surface area contributed by atoms with Crippen LogP contribution in [0.3, 0.4) is 0 Å². The minimum Gasteiger partial charge on any atom is -0.386 e. The fourth-order valence-electron chi connectivity index (χ4n) is 4.93. The molecule has 2 aliphatic heterocycles. The van der Waals surface area contributed by atoms with Crippen molar-refractivity contribution in [3.8, 4) is 11.5 Å². The summed E-state index contributed by atoms with van der Waals surface area (Å²) in [5, 5.41) is 8.50. The van der Waals surface area contributed by atoms with Crippen molar-refractivity contribution in [2.45, 2.75) is 44.7 Å². The first kappa shape index (κ1) is 24.1. The number of carbonyl (C=O) groups excluding carboxylic acids is 1. The molecule has 5 heterocycles. The van der Waals surface area contributed by atoms with Gasteiger partial charge in [-0.1, -0.05) is 18.2 Å². The number of rotatable bonds is 5. The summed E-state index contributed by atoms with van der Waals surface area (Å²) in [5.41, 5.74) is 7.79. The summed E-state index contributed by atoms with van der Waals surface area (Å²) in [6, 6.07) is 10.1. The van der Waals surface area contributed by atoms with Crippen molar-refractivity contribution in [1.29, 1.82) is 0 Å². The number of halogens is 1. The summed E-state index contributed by atoms with van der Waals surface area (Å²) < 4.78 is 21.5. The minimum absolute atomic E-state index is 0.0156. The van der Waals surface area contributed by atoms with Crippen LogP contribution in [0.25, 0.3) is 22.6 Å². The number of amides is 1. The number of carbonyl (C=O) groups is 1. The van der Waals surface area contributed by atoms with Crippen LogP contribution in [0.15, 0.2) is 47.6 Å². The summed E-state index contributed by atoms with van der Waals surface area (Å²) in [5.74, 6) is 0.274. The van der Waals surface area contributed by atoms with E-state index in [1.807, 2.05) is 19.9 Å². The van der Waals surface area contributed by atoms with Crippen LogP contribution in [0.4, 0.5) is 10.2 Å². The monoisotopic (exact) mass is 514 g/mol. The van der Waals surface area contributed by atoms with Crippen molar-refractivity contribution in [3.05, 3.63) is 65.2 Å². The molecule has 1 saturated heterocycles. The standard InChI is InChI=1S/C27H27FN8O2/c1-27(2)19-21(25(37)31-16-9-12-38-13-10-16)32-23(33-22(19)34-26(27)29)20-17-7-5-11-30-24(17)36(35-20)14-15-6-3-4-8-18(15)28/h3-8,11,16H,9-10,12-14H2,1-2H3,(H,31,37)(H2,29,32,33,34). The molecule has 1 aromatic carbocycles. The van der Waals surface area contributed by atoms with Gasteiger partial charge in [0, 0.05) is 36.6 Å². The topological polar surface area (TPSA) is 133 Å². The predicted molar refractivity (Wildman–Crippen MR) is 140 cm³/mol. The van der Waals surface area contributed by atoms with Crippen LogP contribution in [-0.4, -0.2) is 55.7 Å². The van der Waals surface area contributed by atoms with Gasteiger partial charge in [-0.05, 0) is 44.9 Å². The molecule has 0 bridgehead atoms. The second-order valence-electron chi connectivity index (χ2n) is 10.0. The van der Waals surface area contributed by atoms with Crippen molar-refractivity contribution in [2.75, 3.05) is 13.2 Å². The van der Waals surface area contributed by atoms with Crippen molar-refractivity contribution in [3.63, 3.8) is 0 Å². The molecule has 1 fully saturated rings. The number of nitrogens with one attached hydrogen (secondary N) is 1. The molecule has 0 atom stereocenters. The molecule has 0 radical (unpaired) electrons. The fraction of sp³-hybridized carbons (Fsp3) is 0.333. The first-order chi connectivity index (χ1) is 18.3. The van der Waals surface area contributed by atoms with Crippen molar-refractivity contribution >= 4 is 28.6 Å². The third-order valence-corrected chi connectivity index (χ3v) is 7.15. The maximum absolute atomic E-state index is 14.4. The van der Waals surface area contributed by atoms with Gasteiger partial charge >= 0.3 is 0 Å². The molecule has 0 aliphatic carbocycles. The Labute approximate surface area is 218 Å². The summed E-state index contributed by atoms with van der Waals surface area (Å²) in [4.78, 5) is 32.0. The number of hydrogen-bond acceptors (Lipinski definition) is 8. The minimum atomic E-state index is -0.718. The SMILES string of the molecule is CC1(C)C(N)=Nc2nc(-c3nn(Cc4ccccc4F)c4ncccc34)nc(C(=O)NC3CCOCC3)c21. The molecule has 0 spiro atoms. The Morgan fingerprint density at radius 2 is 1.97 bits per heavy atom. The van der Waals surface area contributed by atoms with E-state index in [0.29, 0.717) is 52.7 Å². The van der Waals surface area contributed by atoms with Gasteiger partial charge < -0.3 is 15.8 Å². The van der Waals surface area contributed by atoms with Crippen molar-refractivity contribution in [2.24, 2.45) is 10.7 Å². The average molecular weight is 515 g/mol. The van der Waals surface area contributed by atoms with E-state index in [1.165, 1.54) is 6.07 Å². The first-order valence-corrected chi connectivity index (χ1v) is 12.5. The van der Waals surface area contributed by atoms with E-state index in [4.69, 9.17) is 25.5 Å². The van der Waals surface area contributed by atoms with Gasteiger partial charge in [0.25, 0.3) is 5.91 Å². The van der Waals surface area contributed by atoms with Crippen molar-refractivity contribution in [1.82, 2.24) is 30.0 Å². The quantitative estimate of drug-likeness (QED) is 0.418. The van der Waals surface area contributed by atoms with Gasteiger partial charge in [-0.25, -0.2) is 29.0 Å². The molecule has 10 nitrogen and oxygen atoms in total. The van der Waals surface area contributed by atoms with E-state index in [-0.39, 0.29) is 35.8 Å². The number of hydrogen-bond donors (Lipinski definition) is 2. The predicted octanol–water partition coefficient (Wildman–Crippen LogP) is 3.26. The number of benzene rings is 1. The van der Waals surface area contributed by atoms with Crippen LogP contribution in [0, 0.1) is 5.82 Å². The molecule has 11 heteroatoms. The van der Waals surface area contributed by atoms with Gasteiger partial charge in [-0.3, -0.25) is 4.79 Å². The molecule has 3 N–H and O–H groups in total. The number of aromatic nitrogens is 5. The lowest BCUT2D eigenvalue weighted by atomic mass is 9.84. The Kier molecular flexibility index (Phi) is 5.87. The van der Waals surface area contributed by atoms with Crippen LogP contribution < -0.4 is 11.1 Å². The number of ether oxygens (including phenoxy) is 1. The molecule has 4 aromatic rings. The zero-order valence-electron chi connectivity index (χ0n) is 21.1. The van der Waals surface area contributed by atoms with Gasteiger partial charge in [-0.2, -0.15) is 5.10 Å². The van der Waals surface area contributed by atoms with Gasteiger partial charge in [0.05, 0.1) is 17.3 Å². The second kappa shape index (κ2) is 9.25. The smallest absolute Gasteiger partial charge is 0.270 e. The molecule has 0 saturated carbocycles. The molecule has 1 amide bonds. The number of aliphatic imine (C=N–C) groups is 1.